The minimum atomic E-state index is -0.393. The van der Waals surface area contributed by atoms with Gasteiger partial charge in [0.2, 0.25) is 11.2 Å². The number of hydrogen-bond donors (Lipinski definition) is 1. The van der Waals surface area contributed by atoms with E-state index < -0.39 is 5.91 Å². The van der Waals surface area contributed by atoms with Crippen LogP contribution in [-0.2, 0) is 11.3 Å². The molecule has 1 N–H and O–H groups in total. The first kappa shape index (κ1) is 18.8. The molecule has 0 radical (unpaired) electrons. The molecule has 0 aliphatic heterocycles. The molecule has 0 aliphatic carbocycles. The second kappa shape index (κ2) is 8.24. The maximum Gasteiger partial charge on any atom is 0.258 e. The Morgan fingerprint density at radius 3 is 2.59 bits per heavy atom. The number of rotatable bonds is 6. The van der Waals surface area contributed by atoms with Crippen molar-refractivity contribution in [2.75, 3.05) is 6.61 Å². The van der Waals surface area contributed by atoms with Crippen molar-refractivity contribution in [1.29, 1.82) is 0 Å². The summed E-state index contributed by atoms with van der Waals surface area (Å²) >= 11 is 5.96. The maximum absolute atomic E-state index is 13.0. The first-order chi connectivity index (χ1) is 14.1. The third-order valence-corrected chi connectivity index (χ3v) is 4.50. The summed E-state index contributed by atoms with van der Waals surface area (Å²) in [6.07, 6.45) is 1.52. The van der Waals surface area contributed by atoms with E-state index in [1.165, 1.54) is 6.26 Å². The summed E-state index contributed by atoms with van der Waals surface area (Å²) in [6, 6.07) is 17.2. The van der Waals surface area contributed by atoms with Crippen molar-refractivity contribution in [3.8, 4) is 17.1 Å². The highest BCUT2D eigenvalue weighted by atomic mass is 35.5. The van der Waals surface area contributed by atoms with Crippen LogP contribution in [0.3, 0.4) is 0 Å². The van der Waals surface area contributed by atoms with Crippen LogP contribution in [0.25, 0.3) is 22.3 Å². The van der Waals surface area contributed by atoms with Gasteiger partial charge >= 0.3 is 0 Å². The van der Waals surface area contributed by atoms with E-state index in [0.29, 0.717) is 27.3 Å². The number of benzene rings is 2. The molecule has 146 valence electrons. The van der Waals surface area contributed by atoms with Crippen molar-refractivity contribution in [1.82, 2.24) is 5.32 Å². The zero-order valence-electron chi connectivity index (χ0n) is 15.2. The van der Waals surface area contributed by atoms with Crippen LogP contribution < -0.4 is 15.5 Å². The fourth-order valence-electron chi connectivity index (χ4n) is 2.83. The number of halogens is 1. The molecule has 0 spiro atoms. The Balaban J connectivity index is 1.63. The number of ether oxygens (including phenoxy) is 1. The lowest BCUT2D eigenvalue weighted by Crippen LogP contribution is -2.29. The number of amides is 1. The number of carbonyl (C=O) groups excluding carboxylic acids is 1. The maximum atomic E-state index is 13.0. The van der Waals surface area contributed by atoms with Crippen LogP contribution in [0.4, 0.5) is 0 Å². The third kappa shape index (κ3) is 4.17. The van der Waals surface area contributed by atoms with Gasteiger partial charge < -0.3 is 18.9 Å². The number of nitrogens with one attached hydrogen (secondary N) is 1. The molecule has 1 amide bonds. The topological polar surface area (TPSA) is 81.7 Å². The van der Waals surface area contributed by atoms with Gasteiger partial charge in [-0.1, -0.05) is 23.7 Å². The summed E-state index contributed by atoms with van der Waals surface area (Å²) < 4.78 is 16.7. The first-order valence-corrected chi connectivity index (χ1v) is 9.23. The highest BCUT2D eigenvalue weighted by molar-refractivity contribution is 6.30. The number of hydrogen-bond acceptors (Lipinski definition) is 5. The lowest BCUT2D eigenvalue weighted by molar-refractivity contribution is -0.123. The Hall–Kier alpha value is -3.51. The molecule has 2 heterocycles. The molecule has 4 aromatic rings. The zero-order valence-corrected chi connectivity index (χ0v) is 15.9. The molecular weight excluding hydrogens is 394 g/mol. The van der Waals surface area contributed by atoms with Gasteiger partial charge in [0.1, 0.15) is 11.3 Å². The van der Waals surface area contributed by atoms with Crippen LogP contribution >= 0.6 is 11.6 Å². The quantitative estimate of drug-likeness (QED) is 0.510. The molecule has 2 aromatic heterocycles. The standard InChI is InChI=1S/C22H16ClNO5/c23-15-9-7-14(8-10-15)21-22(20(26)17-5-1-2-6-18(17)29-21)28-13-19(25)24-12-16-4-3-11-27-16/h1-11H,12-13H2,(H,24,25). The van der Waals surface area contributed by atoms with E-state index >= 15 is 0 Å². The van der Waals surface area contributed by atoms with Gasteiger partial charge in [0.25, 0.3) is 5.91 Å². The average Bonchev–Trinajstić information content (AvgIpc) is 3.26. The molecule has 0 atom stereocenters. The van der Waals surface area contributed by atoms with Crippen LogP contribution in [-0.4, -0.2) is 12.5 Å². The Kier molecular flexibility index (Phi) is 5.35. The zero-order chi connectivity index (χ0) is 20.2. The predicted molar refractivity (Wildman–Crippen MR) is 109 cm³/mol. The van der Waals surface area contributed by atoms with Crippen molar-refractivity contribution in [2.45, 2.75) is 6.54 Å². The van der Waals surface area contributed by atoms with Gasteiger partial charge in [-0.25, -0.2) is 0 Å². The molecule has 7 heteroatoms. The molecular formula is C22H16ClNO5. The Morgan fingerprint density at radius 1 is 1.03 bits per heavy atom. The molecule has 4 rings (SSSR count). The fraction of sp³-hybridized carbons (Fsp3) is 0.0909. The summed E-state index contributed by atoms with van der Waals surface area (Å²) in [5.41, 5.74) is 0.691. The van der Waals surface area contributed by atoms with Crippen LogP contribution in [0.1, 0.15) is 5.76 Å². The van der Waals surface area contributed by atoms with E-state index in [0.717, 1.165) is 0 Å². The minimum Gasteiger partial charge on any atom is -0.476 e. The number of furan rings is 1. The summed E-state index contributed by atoms with van der Waals surface area (Å²) in [5, 5.41) is 3.59. The van der Waals surface area contributed by atoms with E-state index in [2.05, 4.69) is 5.32 Å². The van der Waals surface area contributed by atoms with Crippen molar-refractivity contribution in [2.24, 2.45) is 0 Å². The van der Waals surface area contributed by atoms with Crippen molar-refractivity contribution in [3.05, 3.63) is 87.9 Å². The van der Waals surface area contributed by atoms with E-state index in [4.69, 9.17) is 25.2 Å². The number of fused-ring (bicyclic) bond motifs is 1. The smallest absolute Gasteiger partial charge is 0.258 e. The number of carbonyl (C=O) groups is 1. The third-order valence-electron chi connectivity index (χ3n) is 4.25. The molecule has 29 heavy (non-hydrogen) atoms. The second-order valence-corrected chi connectivity index (χ2v) is 6.67. The monoisotopic (exact) mass is 409 g/mol. The van der Waals surface area contributed by atoms with Crippen molar-refractivity contribution in [3.63, 3.8) is 0 Å². The SMILES string of the molecule is O=C(COc1c(-c2ccc(Cl)cc2)oc2ccccc2c1=O)NCc1ccco1. The van der Waals surface area contributed by atoms with Gasteiger partial charge in [-0.05, 0) is 48.5 Å². The Bertz CT molecular complexity index is 1200. The van der Waals surface area contributed by atoms with E-state index in [9.17, 15) is 9.59 Å². The fourth-order valence-corrected chi connectivity index (χ4v) is 2.96. The largest absolute Gasteiger partial charge is 0.476 e. The van der Waals surface area contributed by atoms with Crippen LogP contribution in [0, 0.1) is 0 Å². The molecule has 2 aromatic carbocycles. The predicted octanol–water partition coefficient (Wildman–Crippen LogP) is 4.40. The summed E-state index contributed by atoms with van der Waals surface area (Å²) in [4.78, 5) is 25.1. The van der Waals surface area contributed by atoms with Gasteiger partial charge in [0.15, 0.2) is 12.4 Å². The van der Waals surface area contributed by atoms with Crippen LogP contribution in [0.2, 0.25) is 5.02 Å². The van der Waals surface area contributed by atoms with Gasteiger partial charge in [0, 0.05) is 10.6 Å². The summed E-state index contributed by atoms with van der Waals surface area (Å²) in [6.45, 7) is -0.115. The minimum absolute atomic E-state index is 0.0285. The average molecular weight is 410 g/mol. The summed E-state index contributed by atoms with van der Waals surface area (Å²) in [7, 11) is 0. The second-order valence-electron chi connectivity index (χ2n) is 6.24. The van der Waals surface area contributed by atoms with Crippen molar-refractivity contribution < 1.29 is 18.4 Å². The van der Waals surface area contributed by atoms with Gasteiger partial charge in [-0.2, -0.15) is 0 Å². The molecule has 0 fully saturated rings. The molecule has 0 bridgehead atoms. The van der Waals surface area contributed by atoms with Crippen LogP contribution in [0.15, 0.2) is 80.6 Å². The van der Waals surface area contributed by atoms with Gasteiger partial charge in [-0.15, -0.1) is 0 Å². The molecule has 6 nitrogen and oxygen atoms in total. The van der Waals surface area contributed by atoms with E-state index in [1.54, 1.807) is 60.7 Å². The Morgan fingerprint density at radius 2 is 1.83 bits per heavy atom. The van der Waals surface area contributed by atoms with Crippen molar-refractivity contribution >= 4 is 28.5 Å². The Labute approximate surface area is 170 Å². The first-order valence-electron chi connectivity index (χ1n) is 8.85. The van der Waals surface area contributed by atoms with E-state index in [-0.39, 0.29) is 30.1 Å². The summed E-state index contributed by atoms with van der Waals surface area (Å²) in [5.74, 6) is 0.435. The highest BCUT2D eigenvalue weighted by Crippen LogP contribution is 2.31. The molecule has 0 saturated heterocycles. The molecule has 0 aliphatic rings. The van der Waals surface area contributed by atoms with E-state index in [1.807, 2.05) is 0 Å². The lowest BCUT2D eigenvalue weighted by atomic mass is 10.1. The van der Waals surface area contributed by atoms with Gasteiger partial charge in [0.05, 0.1) is 18.2 Å². The highest BCUT2D eigenvalue weighted by Gasteiger charge is 2.18. The number of para-hydroxylation sites is 1. The molecule has 0 saturated carbocycles. The van der Waals surface area contributed by atoms with Gasteiger partial charge in [-0.3, -0.25) is 9.59 Å². The molecule has 0 unspecified atom stereocenters. The van der Waals surface area contributed by atoms with Crippen LogP contribution in [0.5, 0.6) is 5.75 Å². The lowest BCUT2D eigenvalue weighted by Gasteiger charge is -2.12. The normalized spacial score (nSPS) is 10.8.